The van der Waals surface area contributed by atoms with Gasteiger partial charge in [0.1, 0.15) is 6.04 Å². The molecule has 0 radical (unpaired) electrons. The number of likely N-dealkylation sites (tertiary alicyclic amines) is 1. The summed E-state index contributed by atoms with van der Waals surface area (Å²) in [7, 11) is 0. The molecule has 1 aromatic rings. The fraction of sp³-hybridized carbons (Fsp3) is 0.630. The zero-order valence-corrected chi connectivity index (χ0v) is 20.4. The number of anilines is 1. The molecule has 188 valence electrons. The number of ether oxygens (including phenoxy) is 1. The minimum atomic E-state index is -1.10. The second kappa shape index (κ2) is 9.04. The van der Waals surface area contributed by atoms with Crippen LogP contribution in [0.1, 0.15) is 69.2 Å². The Morgan fingerprint density at radius 3 is 2.29 bits per heavy atom. The molecule has 3 atom stereocenters. The molecule has 5 fully saturated rings. The smallest absolute Gasteiger partial charge is 0.329 e. The highest BCUT2D eigenvalue weighted by molar-refractivity contribution is 5.99. The van der Waals surface area contributed by atoms with Gasteiger partial charge in [0.2, 0.25) is 5.91 Å². The highest BCUT2D eigenvalue weighted by atomic mass is 16.5. The molecular formula is C27H34N2O6. The van der Waals surface area contributed by atoms with E-state index in [-0.39, 0.29) is 24.7 Å². The van der Waals surface area contributed by atoms with Crippen LogP contribution in [-0.2, 0) is 19.1 Å². The molecule has 35 heavy (non-hydrogen) atoms. The number of hydrogen-bond acceptors (Lipinski definition) is 6. The van der Waals surface area contributed by atoms with Crippen molar-refractivity contribution in [3.63, 3.8) is 0 Å². The Kier molecular flexibility index (Phi) is 6.20. The Morgan fingerprint density at radius 2 is 1.69 bits per heavy atom. The number of ketones is 1. The van der Waals surface area contributed by atoms with Crippen LogP contribution in [0.15, 0.2) is 24.3 Å². The number of β-amino-alcohol motifs (C(OH)–C–C–N with tert-alkyl or cyclic N) is 1. The number of carbonyl (C=O) groups is 4. The van der Waals surface area contributed by atoms with Crippen molar-refractivity contribution in [3.05, 3.63) is 29.8 Å². The normalized spacial score (nSPS) is 33.9. The quantitative estimate of drug-likeness (QED) is 0.476. The minimum absolute atomic E-state index is 0.0201. The van der Waals surface area contributed by atoms with E-state index in [9.17, 15) is 24.3 Å². The van der Waals surface area contributed by atoms with Gasteiger partial charge in [-0.3, -0.25) is 14.4 Å². The number of nitrogens with one attached hydrogen (secondary N) is 1. The zero-order chi connectivity index (χ0) is 24.9. The molecule has 0 aromatic heterocycles. The lowest BCUT2D eigenvalue weighted by Gasteiger charge is -2.56. The van der Waals surface area contributed by atoms with Gasteiger partial charge in [-0.25, -0.2) is 4.79 Å². The largest absolute Gasteiger partial charge is 0.451 e. The number of nitrogens with zero attached hydrogens (tertiary/aromatic N) is 1. The number of carbonyl (C=O) groups excluding carboxylic acids is 4. The summed E-state index contributed by atoms with van der Waals surface area (Å²) in [6, 6.07) is 5.65. The van der Waals surface area contributed by atoms with Crippen molar-refractivity contribution in [2.24, 2.45) is 23.2 Å². The summed E-state index contributed by atoms with van der Waals surface area (Å²) in [5.41, 5.74) is 0.480. The topological polar surface area (TPSA) is 113 Å². The maximum Gasteiger partial charge on any atom is 0.329 e. The monoisotopic (exact) mass is 482 g/mol. The molecule has 1 saturated heterocycles. The molecule has 1 heterocycles. The van der Waals surface area contributed by atoms with Gasteiger partial charge in [0.15, 0.2) is 11.9 Å². The highest BCUT2D eigenvalue weighted by Crippen LogP contribution is 2.60. The van der Waals surface area contributed by atoms with Gasteiger partial charge in [-0.15, -0.1) is 0 Å². The van der Waals surface area contributed by atoms with Gasteiger partial charge in [-0.05, 0) is 82.3 Å². The fourth-order valence-electron chi connectivity index (χ4n) is 7.31. The van der Waals surface area contributed by atoms with Crippen LogP contribution in [0.4, 0.5) is 5.69 Å². The van der Waals surface area contributed by atoms with Crippen LogP contribution in [0.5, 0.6) is 0 Å². The number of hydrogen-bond donors (Lipinski definition) is 2. The third-order valence-corrected chi connectivity index (χ3v) is 8.50. The Morgan fingerprint density at radius 1 is 1.06 bits per heavy atom. The van der Waals surface area contributed by atoms with Crippen molar-refractivity contribution < 1.29 is 29.0 Å². The zero-order valence-electron chi connectivity index (χ0n) is 20.4. The van der Waals surface area contributed by atoms with E-state index in [0.717, 1.165) is 19.3 Å². The Balaban J connectivity index is 1.24. The van der Waals surface area contributed by atoms with Crippen LogP contribution in [0.2, 0.25) is 0 Å². The molecule has 8 nitrogen and oxygen atoms in total. The summed E-state index contributed by atoms with van der Waals surface area (Å²) in [5, 5.41) is 13.0. The van der Waals surface area contributed by atoms with E-state index in [2.05, 4.69) is 5.32 Å². The fourth-order valence-corrected chi connectivity index (χ4v) is 7.31. The highest BCUT2D eigenvalue weighted by Gasteiger charge is 2.57. The van der Waals surface area contributed by atoms with Crippen molar-refractivity contribution in [3.8, 4) is 0 Å². The van der Waals surface area contributed by atoms with Crippen molar-refractivity contribution in [1.82, 2.24) is 4.90 Å². The lowest BCUT2D eigenvalue weighted by Crippen LogP contribution is -2.56. The van der Waals surface area contributed by atoms with E-state index in [1.807, 2.05) is 0 Å². The summed E-state index contributed by atoms with van der Waals surface area (Å²) in [4.78, 5) is 52.7. The lowest BCUT2D eigenvalue weighted by atomic mass is 9.49. The molecule has 2 unspecified atom stereocenters. The third kappa shape index (κ3) is 4.60. The Hall–Kier alpha value is -2.74. The standard InChI is InChI=1S/C27H34N2O6/c1-15(30)20-4-3-5-21(9-20)28-24(32)16(2)35-25(33)23-10-22(31)14-29(23)26(34)27-11-17-6-18(12-27)8-19(7-17)13-27/h3-5,9,16-19,22-23,31H,6-8,10-14H2,1-2H3,(H,28,32)/t16?,17?,18?,19?,22?,23-,27?/m0/s1. The molecule has 8 heteroatoms. The van der Waals surface area contributed by atoms with E-state index >= 15 is 0 Å². The van der Waals surface area contributed by atoms with Crippen LogP contribution in [-0.4, -0.2) is 58.4 Å². The molecule has 1 aliphatic heterocycles. The van der Waals surface area contributed by atoms with Crippen LogP contribution in [0.25, 0.3) is 0 Å². The van der Waals surface area contributed by atoms with E-state index < -0.39 is 35.5 Å². The predicted octanol–water partition coefficient (Wildman–Crippen LogP) is 2.94. The maximum atomic E-state index is 13.8. The number of Topliss-reactive ketones (excluding diaryl/α,β-unsaturated/α-hetero) is 1. The summed E-state index contributed by atoms with van der Waals surface area (Å²) >= 11 is 0. The average Bonchev–Trinajstić information content (AvgIpc) is 3.19. The van der Waals surface area contributed by atoms with Crippen molar-refractivity contribution in [1.29, 1.82) is 0 Å². The third-order valence-electron chi connectivity index (χ3n) is 8.50. The van der Waals surface area contributed by atoms with Crippen molar-refractivity contribution in [2.45, 2.75) is 77.0 Å². The molecule has 4 aliphatic carbocycles. The first-order valence-corrected chi connectivity index (χ1v) is 12.7. The van der Waals surface area contributed by atoms with Gasteiger partial charge in [-0.1, -0.05) is 12.1 Å². The second-order valence-corrected chi connectivity index (χ2v) is 11.3. The molecule has 1 aromatic carbocycles. The number of benzene rings is 1. The predicted molar refractivity (Wildman–Crippen MR) is 127 cm³/mol. The molecule has 4 bridgehead atoms. The number of aliphatic hydroxyl groups excluding tert-OH is 1. The molecular weight excluding hydrogens is 448 g/mol. The van der Waals surface area contributed by atoms with Crippen LogP contribution in [0.3, 0.4) is 0 Å². The second-order valence-electron chi connectivity index (χ2n) is 11.3. The van der Waals surface area contributed by atoms with Crippen LogP contribution in [0, 0.1) is 23.2 Å². The SMILES string of the molecule is CC(=O)c1cccc(NC(=O)C(C)OC(=O)[C@@H]2CC(O)CN2C(=O)C23CC4CC(CC(C4)C2)C3)c1. The van der Waals surface area contributed by atoms with Crippen molar-refractivity contribution >= 4 is 29.3 Å². The van der Waals surface area contributed by atoms with E-state index in [4.69, 9.17) is 4.74 Å². The van der Waals surface area contributed by atoms with Gasteiger partial charge in [0.25, 0.3) is 5.91 Å². The first kappa shape index (κ1) is 24.0. The number of amides is 2. The first-order valence-electron chi connectivity index (χ1n) is 12.7. The van der Waals surface area contributed by atoms with Gasteiger partial charge in [0, 0.05) is 24.2 Å². The Labute approximate surface area is 205 Å². The first-order chi connectivity index (χ1) is 16.6. The molecule has 0 spiro atoms. The molecule has 4 saturated carbocycles. The summed E-state index contributed by atoms with van der Waals surface area (Å²) in [5.74, 6) is 0.434. The Bertz CT molecular complexity index is 1020. The van der Waals surface area contributed by atoms with Crippen LogP contribution >= 0.6 is 0 Å². The molecule has 6 rings (SSSR count). The molecule has 5 aliphatic rings. The number of esters is 1. The lowest BCUT2D eigenvalue weighted by molar-refractivity contribution is -0.168. The minimum Gasteiger partial charge on any atom is -0.451 e. The summed E-state index contributed by atoms with van der Waals surface area (Å²) < 4.78 is 5.47. The average molecular weight is 483 g/mol. The molecule has 2 amide bonds. The van der Waals surface area contributed by atoms with Gasteiger partial charge >= 0.3 is 5.97 Å². The van der Waals surface area contributed by atoms with Crippen LogP contribution < -0.4 is 5.32 Å². The van der Waals surface area contributed by atoms with Crippen molar-refractivity contribution in [2.75, 3.05) is 11.9 Å². The number of aliphatic hydroxyl groups is 1. The van der Waals surface area contributed by atoms with Gasteiger partial charge in [0.05, 0.1) is 11.5 Å². The maximum absolute atomic E-state index is 13.8. The number of rotatable bonds is 6. The van der Waals surface area contributed by atoms with Gasteiger partial charge < -0.3 is 20.1 Å². The van der Waals surface area contributed by atoms with E-state index in [0.29, 0.717) is 29.0 Å². The van der Waals surface area contributed by atoms with Gasteiger partial charge in [-0.2, -0.15) is 0 Å². The molecule has 2 N–H and O–H groups in total. The summed E-state index contributed by atoms with van der Waals surface area (Å²) in [6.07, 6.45) is 4.50. The van der Waals surface area contributed by atoms with E-state index in [1.165, 1.54) is 38.0 Å². The van der Waals surface area contributed by atoms with E-state index in [1.54, 1.807) is 24.3 Å². The summed E-state index contributed by atoms with van der Waals surface area (Å²) in [6.45, 7) is 3.04.